The zero-order valence-corrected chi connectivity index (χ0v) is 13.5. The van der Waals surface area contributed by atoms with Gasteiger partial charge in [0.25, 0.3) is 0 Å². The van der Waals surface area contributed by atoms with Crippen LogP contribution in [0.5, 0.6) is 0 Å². The Hall–Kier alpha value is -1.19. The van der Waals surface area contributed by atoms with Crippen LogP contribution in [0.2, 0.25) is 5.02 Å². The van der Waals surface area contributed by atoms with E-state index in [0.29, 0.717) is 4.47 Å². The molecule has 0 amide bonds. The van der Waals surface area contributed by atoms with Crippen LogP contribution in [-0.2, 0) is 5.41 Å². The average Bonchev–Trinajstić information content (AvgIpc) is 2.45. The zero-order chi connectivity index (χ0) is 15.0. The normalized spacial score (nSPS) is 16.3. The molecular weight excluding hydrogens is 355 g/mol. The zero-order valence-electron chi connectivity index (χ0n) is 11.2. The average molecular weight is 368 g/mol. The highest BCUT2D eigenvalue weighted by atomic mass is 79.9. The van der Waals surface area contributed by atoms with Crippen LogP contribution in [0.3, 0.4) is 0 Å². The minimum Gasteiger partial charge on any atom is -0.293 e. The van der Waals surface area contributed by atoms with E-state index in [0.717, 1.165) is 24.8 Å². The highest BCUT2D eigenvalue weighted by Gasteiger charge is 2.46. The van der Waals surface area contributed by atoms with E-state index < -0.39 is 11.2 Å². The Morgan fingerprint density at radius 2 is 1.81 bits per heavy atom. The number of hydrogen-bond acceptors (Lipinski definition) is 1. The smallest absolute Gasteiger partial charge is 0.176 e. The lowest BCUT2D eigenvalue weighted by atomic mass is 9.60. The maximum absolute atomic E-state index is 14.3. The Bertz CT molecular complexity index is 695. The molecular formula is C17H13BrClFO. The van der Waals surface area contributed by atoms with Crippen molar-refractivity contribution in [3.63, 3.8) is 0 Å². The van der Waals surface area contributed by atoms with Gasteiger partial charge >= 0.3 is 0 Å². The van der Waals surface area contributed by atoms with Gasteiger partial charge in [0.05, 0.1) is 16.0 Å². The van der Waals surface area contributed by atoms with Gasteiger partial charge in [-0.25, -0.2) is 4.39 Å². The largest absolute Gasteiger partial charge is 0.293 e. The van der Waals surface area contributed by atoms with Crippen molar-refractivity contribution in [3.05, 3.63) is 68.9 Å². The van der Waals surface area contributed by atoms with Crippen molar-refractivity contribution in [2.24, 2.45) is 0 Å². The van der Waals surface area contributed by atoms with Crippen molar-refractivity contribution in [1.82, 2.24) is 0 Å². The Balaban J connectivity index is 2.07. The fourth-order valence-electron chi connectivity index (χ4n) is 2.89. The molecule has 2 aromatic rings. The van der Waals surface area contributed by atoms with E-state index in [1.165, 1.54) is 6.07 Å². The van der Waals surface area contributed by atoms with E-state index in [4.69, 9.17) is 11.6 Å². The second-order valence-electron chi connectivity index (χ2n) is 5.35. The Labute approximate surface area is 136 Å². The predicted octanol–water partition coefficient (Wildman–Crippen LogP) is 5.55. The topological polar surface area (TPSA) is 17.1 Å². The monoisotopic (exact) mass is 366 g/mol. The van der Waals surface area contributed by atoms with Gasteiger partial charge in [0.2, 0.25) is 0 Å². The summed E-state index contributed by atoms with van der Waals surface area (Å²) in [7, 11) is 0. The van der Waals surface area contributed by atoms with Crippen molar-refractivity contribution in [1.29, 1.82) is 0 Å². The van der Waals surface area contributed by atoms with Crippen molar-refractivity contribution >= 4 is 33.3 Å². The molecule has 0 bridgehead atoms. The van der Waals surface area contributed by atoms with E-state index in [-0.39, 0.29) is 16.4 Å². The summed E-state index contributed by atoms with van der Waals surface area (Å²) in [5.41, 5.74) is 0.436. The first kappa shape index (κ1) is 14.7. The van der Waals surface area contributed by atoms with Gasteiger partial charge in [-0.3, -0.25) is 4.79 Å². The molecule has 2 aromatic carbocycles. The second-order valence-corrected chi connectivity index (χ2v) is 6.59. The minimum absolute atomic E-state index is 0.0385. The summed E-state index contributed by atoms with van der Waals surface area (Å²) in [6.07, 6.45) is 2.48. The molecule has 0 aromatic heterocycles. The first-order valence-electron chi connectivity index (χ1n) is 6.80. The van der Waals surface area contributed by atoms with E-state index >= 15 is 0 Å². The Morgan fingerprint density at radius 1 is 1.14 bits per heavy atom. The summed E-state index contributed by atoms with van der Waals surface area (Å²) in [5.74, 6) is -0.815. The van der Waals surface area contributed by atoms with Crippen LogP contribution in [0.25, 0.3) is 0 Å². The van der Waals surface area contributed by atoms with Gasteiger partial charge in [-0.1, -0.05) is 48.4 Å². The minimum atomic E-state index is -0.641. The highest BCUT2D eigenvalue weighted by molar-refractivity contribution is 9.10. The Morgan fingerprint density at radius 3 is 2.38 bits per heavy atom. The van der Waals surface area contributed by atoms with Gasteiger partial charge in [-0.2, -0.15) is 0 Å². The molecule has 1 saturated carbocycles. The molecule has 1 aliphatic carbocycles. The third-order valence-corrected chi connectivity index (χ3v) is 5.51. The lowest BCUT2D eigenvalue weighted by molar-refractivity contribution is 0.0784. The number of carbonyl (C=O) groups is 1. The molecule has 0 heterocycles. The molecule has 0 N–H and O–H groups in total. The molecule has 4 heteroatoms. The molecule has 0 unspecified atom stereocenters. The van der Waals surface area contributed by atoms with Crippen LogP contribution in [0.4, 0.5) is 4.39 Å². The van der Waals surface area contributed by atoms with E-state index in [1.807, 2.05) is 30.3 Å². The van der Waals surface area contributed by atoms with Crippen molar-refractivity contribution in [3.8, 4) is 0 Å². The van der Waals surface area contributed by atoms with Gasteiger partial charge in [-0.05, 0) is 46.5 Å². The molecule has 1 nitrogen and oxygen atoms in total. The summed E-state index contributed by atoms with van der Waals surface area (Å²) in [6.45, 7) is 0. The van der Waals surface area contributed by atoms with Gasteiger partial charge in [-0.15, -0.1) is 0 Å². The summed E-state index contributed by atoms with van der Waals surface area (Å²) < 4.78 is 14.8. The number of rotatable bonds is 3. The number of halogens is 3. The molecule has 3 rings (SSSR count). The van der Waals surface area contributed by atoms with Gasteiger partial charge in [0, 0.05) is 4.47 Å². The SMILES string of the molecule is O=C(c1ccc(Br)c(Cl)c1F)C1(c2ccccc2)CCC1. The molecule has 21 heavy (non-hydrogen) atoms. The number of benzene rings is 2. The molecule has 0 aliphatic heterocycles. The number of hydrogen-bond donors (Lipinski definition) is 0. The van der Waals surface area contributed by atoms with Gasteiger partial charge in [0.15, 0.2) is 11.6 Å². The van der Waals surface area contributed by atoms with Crippen LogP contribution < -0.4 is 0 Å². The summed E-state index contributed by atoms with van der Waals surface area (Å²) >= 11 is 9.08. The van der Waals surface area contributed by atoms with Crippen LogP contribution in [-0.4, -0.2) is 5.78 Å². The lowest BCUT2D eigenvalue weighted by Crippen LogP contribution is -2.42. The molecule has 108 valence electrons. The first-order chi connectivity index (χ1) is 10.1. The molecule has 0 spiro atoms. The fraction of sp³-hybridized carbons (Fsp3) is 0.235. The molecule has 0 saturated heterocycles. The maximum Gasteiger partial charge on any atom is 0.176 e. The van der Waals surface area contributed by atoms with Crippen molar-refractivity contribution in [2.45, 2.75) is 24.7 Å². The quantitative estimate of drug-likeness (QED) is 0.514. The fourth-order valence-corrected chi connectivity index (χ4v) is 3.36. The van der Waals surface area contributed by atoms with Gasteiger partial charge in [0.1, 0.15) is 0 Å². The van der Waals surface area contributed by atoms with E-state index in [1.54, 1.807) is 6.07 Å². The highest BCUT2D eigenvalue weighted by Crippen LogP contribution is 2.46. The summed E-state index contributed by atoms with van der Waals surface area (Å²) in [4.78, 5) is 12.9. The third kappa shape index (κ3) is 2.33. The lowest BCUT2D eigenvalue weighted by Gasteiger charge is -2.41. The number of carbonyl (C=O) groups excluding carboxylic acids is 1. The van der Waals surface area contributed by atoms with Crippen LogP contribution in [0, 0.1) is 5.82 Å². The van der Waals surface area contributed by atoms with Crippen molar-refractivity contribution in [2.75, 3.05) is 0 Å². The predicted molar refractivity (Wildman–Crippen MR) is 85.4 cm³/mol. The first-order valence-corrected chi connectivity index (χ1v) is 7.97. The second kappa shape index (κ2) is 5.54. The molecule has 0 atom stereocenters. The standard InChI is InChI=1S/C17H13BrClFO/c18-13-8-7-12(15(20)14(13)19)16(21)17(9-4-10-17)11-5-2-1-3-6-11/h1-3,5-8H,4,9-10H2. The molecule has 1 fully saturated rings. The van der Waals surface area contributed by atoms with Crippen molar-refractivity contribution < 1.29 is 9.18 Å². The molecule has 1 aliphatic rings. The van der Waals surface area contributed by atoms with Gasteiger partial charge < -0.3 is 0 Å². The van der Waals surface area contributed by atoms with Crippen LogP contribution >= 0.6 is 27.5 Å². The third-order valence-electron chi connectivity index (χ3n) is 4.25. The van der Waals surface area contributed by atoms with Crippen LogP contribution in [0.15, 0.2) is 46.9 Å². The van der Waals surface area contributed by atoms with E-state index in [9.17, 15) is 9.18 Å². The maximum atomic E-state index is 14.3. The summed E-state index contributed by atoms with van der Waals surface area (Å²) in [5, 5.41) is -0.0385. The number of Topliss-reactive ketones (excluding diaryl/α,β-unsaturated/α-hetero) is 1. The molecule has 0 radical (unpaired) electrons. The Kier molecular flexibility index (Phi) is 3.89. The summed E-state index contributed by atoms with van der Waals surface area (Å²) in [6, 6.07) is 12.7. The number of ketones is 1. The van der Waals surface area contributed by atoms with E-state index in [2.05, 4.69) is 15.9 Å². The van der Waals surface area contributed by atoms with Crippen LogP contribution in [0.1, 0.15) is 35.2 Å².